The van der Waals surface area contributed by atoms with Crippen LogP contribution in [0.1, 0.15) is 63.4 Å². The molecule has 0 bridgehead atoms. The van der Waals surface area contributed by atoms with E-state index in [1.54, 1.807) is 0 Å². The van der Waals surface area contributed by atoms with Crippen LogP contribution in [-0.2, 0) is 10.2 Å². The number of carbonyl (C=O) groups excluding carboxylic acids is 2. The second-order valence-electron chi connectivity index (χ2n) is 7.81. The highest BCUT2D eigenvalue weighted by molar-refractivity contribution is 5.97. The molecule has 0 saturated heterocycles. The van der Waals surface area contributed by atoms with Crippen molar-refractivity contribution < 1.29 is 9.59 Å². The first-order valence-electron chi connectivity index (χ1n) is 8.40. The minimum Gasteiger partial charge on any atom is -0.352 e. The zero-order chi connectivity index (χ0) is 17.2. The third-order valence-electron chi connectivity index (χ3n) is 4.17. The standard InChI is InChI=1S/C19H28N2O2/c1-12(2)16(18(23)20-15-10-11-15)21-17(22)13-6-8-14(9-7-13)19(3,4)5/h6-9,12,15-16H,10-11H2,1-5H3,(H,20,23)(H,21,22)/t16-/m0/s1. The first-order valence-corrected chi connectivity index (χ1v) is 8.40. The lowest BCUT2D eigenvalue weighted by molar-refractivity contribution is -0.124. The SMILES string of the molecule is CC(C)[C@H](NC(=O)c1ccc(C(C)(C)C)cc1)C(=O)NC1CC1. The van der Waals surface area contributed by atoms with E-state index in [-0.39, 0.29) is 23.1 Å². The van der Waals surface area contributed by atoms with E-state index >= 15 is 0 Å². The fraction of sp³-hybridized carbons (Fsp3) is 0.579. The van der Waals surface area contributed by atoms with Crippen molar-refractivity contribution in [2.75, 3.05) is 0 Å². The van der Waals surface area contributed by atoms with E-state index in [9.17, 15) is 9.59 Å². The van der Waals surface area contributed by atoms with Gasteiger partial charge < -0.3 is 10.6 Å². The van der Waals surface area contributed by atoms with E-state index in [1.165, 1.54) is 5.56 Å². The zero-order valence-corrected chi connectivity index (χ0v) is 14.8. The molecule has 1 atom stereocenters. The molecule has 0 spiro atoms. The Morgan fingerprint density at radius 1 is 1.09 bits per heavy atom. The minimum atomic E-state index is -0.495. The summed E-state index contributed by atoms with van der Waals surface area (Å²) in [6.45, 7) is 10.3. The largest absolute Gasteiger partial charge is 0.352 e. The van der Waals surface area contributed by atoms with Crippen LogP contribution in [0.5, 0.6) is 0 Å². The molecule has 1 aromatic rings. The maximum absolute atomic E-state index is 12.4. The fourth-order valence-electron chi connectivity index (χ4n) is 2.40. The number of carbonyl (C=O) groups is 2. The average molecular weight is 316 g/mol. The smallest absolute Gasteiger partial charge is 0.251 e. The monoisotopic (exact) mass is 316 g/mol. The van der Waals surface area contributed by atoms with Crippen molar-refractivity contribution in [3.63, 3.8) is 0 Å². The van der Waals surface area contributed by atoms with E-state index in [4.69, 9.17) is 0 Å². The molecule has 2 amide bonds. The molecular weight excluding hydrogens is 288 g/mol. The Morgan fingerprint density at radius 2 is 1.65 bits per heavy atom. The van der Waals surface area contributed by atoms with Crippen LogP contribution < -0.4 is 10.6 Å². The van der Waals surface area contributed by atoms with Crippen LogP contribution in [0.4, 0.5) is 0 Å². The molecular formula is C19H28N2O2. The van der Waals surface area contributed by atoms with Gasteiger partial charge in [0.15, 0.2) is 0 Å². The molecule has 1 fully saturated rings. The molecule has 0 aromatic heterocycles. The molecule has 23 heavy (non-hydrogen) atoms. The van der Waals surface area contributed by atoms with E-state index in [0.29, 0.717) is 11.6 Å². The second kappa shape index (κ2) is 6.73. The Morgan fingerprint density at radius 3 is 2.09 bits per heavy atom. The average Bonchev–Trinajstić information content (AvgIpc) is 3.27. The van der Waals surface area contributed by atoms with E-state index in [0.717, 1.165) is 12.8 Å². The number of amides is 2. The van der Waals surface area contributed by atoms with Gasteiger partial charge in [-0.15, -0.1) is 0 Å². The highest BCUT2D eigenvalue weighted by atomic mass is 16.2. The normalized spacial score (nSPS) is 16.1. The minimum absolute atomic E-state index is 0.0477. The van der Waals surface area contributed by atoms with Gasteiger partial charge in [0.1, 0.15) is 6.04 Å². The zero-order valence-electron chi connectivity index (χ0n) is 14.8. The second-order valence-corrected chi connectivity index (χ2v) is 7.81. The molecule has 0 aliphatic heterocycles. The van der Waals surface area contributed by atoms with Crippen molar-refractivity contribution >= 4 is 11.8 Å². The van der Waals surface area contributed by atoms with Gasteiger partial charge in [0.25, 0.3) is 5.91 Å². The molecule has 0 heterocycles. The van der Waals surface area contributed by atoms with Crippen LogP contribution in [0, 0.1) is 5.92 Å². The van der Waals surface area contributed by atoms with Gasteiger partial charge in [0, 0.05) is 11.6 Å². The summed E-state index contributed by atoms with van der Waals surface area (Å²) < 4.78 is 0. The molecule has 1 aromatic carbocycles. The number of nitrogens with one attached hydrogen (secondary N) is 2. The van der Waals surface area contributed by atoms with E-state index in [2.05, 4.69) is 31.4 Å². The van der Waals surface area contributed by atoms with E-state index in [1.807, 2.05) is 38.1 Å². The van der Waals surface area contributed by atoms with Crippen molar-refractivity contribution in [1.82, 2.24) is 10.6 Å². The van der Waals surface area contributed by atoms with Gasteiger partial charge in [-0.3, -0.25) is 9.59 Å². The van der Waals surface area contributed by atoms with Crippen LogP contribution in [0.3, 0.4) is 0 Å². The van der Waals surface area contributed by atoms with Crippen molar-refractivity contribution in [3.8, 4) is 0 Å². The maximum Gasteiger partial charge on any atom is 0.251 e. The summed E-state index contributed by atoms with van der Waals surface area (Å²) in [6.07, 6.45) is 2.08. The Labute approximate surface area is 139 Å². The summed E-state index contributed by atoms with van der Waals surface area (Å²) in [4.78, 5) is 24.7. The molecule has 1 aliphatic carbocycles. The van der Waals surface area contributed by atoms with Gasteiger partial charge >= 0.3 is 0 Å². The van der Waals surface area contributed by atoms with Crippen LogP contribution >= 0.6 is 0 Å². The quantitative estimate of drug-likeness (QED) is 0.877. The first kappa shape index (κ1) is 17.5. The molecule has 2 rings (SSSR count). The molecule has 1 aliphatic rings. The summed E-state index contributed by atoms with van der Waals surface area (Å²) in [7, 11) is 0. The summed E-state index contributed by atoms with van der Waals surface area (Å²) in [6, 6.07) is 7.41. The van der Waals surface area contributed by atoms with Crippen LogP contribution in [-0.4, -0.2) is 23.9 Å². The summed E-state index contributed by atoms with van der Waals surface area (Å²) >= 11 is 0. The molecule has 0 unspecified atom stereocenters. The lowest BCUT2D eigenvalue weighted by Crippen LogP contribution is -2.50. The number of hydrogen-bond acceptors (Lipinski definition) is 2. The summed E-state index contributed by atoms with van der Waals surface area (Å²) in [5.41, 5.74) is 1.82. The number of benzene rings is 1. The van der Waals surface area contributed by atoms with Crippen molar-refractivity contribution in [3.05, 3.63) is 35.4 Å². The molecule has 1 saturated carbocycles. The lowest BCUT2D eigenvalue weighted by atomic mass is 9.86. The maximum atomic E-state index is 12.4. The van der Waals surface area contributed by atoms with Gasteiger partial charge in [0.2, 0.25) is 5.91 Å². The highest BCUT2D eigenvalue weighted by Crippen LogP contribution is 2.22. The van der Waals surface area contributed by atoms with Gasteiger partial charge in [-0.05, 0) is 41.9 Å². The van der Waals surface area contributed by atoms with Gasteiger partial charge in [-0.2, -0.15) is 0 Å². The number of rotatable bonds is 5. The molecule has 4 heteroatoms. The predicted octanol–water partition coefficient (Wildman–Crippen LogP) is 3.02. The summed E-state index contributed by atoms with van der Waals surface area (Å²) in [5, 5.41) is 5.84. The van der Waals surface area contributed by atoms with Crippen LogP contribution in [0.25, 0.3) is 0 Å². The Balaban J connectivity index is 2.04. The first-order chi connectivity index (χ1) is 10.7. The Kier molecular flexibility index (Phi) is 5.12. The fourth-order valence-corrected chi connectivity index (χ4v) is 2.40. The van der Waals surface area contributed by atoms with Gasteiger partial charge in [-0.1, -0.05) is 46.8 Å². The predicted molar refractivity (Wildman–Crippen MR) is 92.4 cm³/mol. The Hall–Kier alpha value is -1.84. The Bertz CT molecular complexity index is 566. The molecule has 2 N–H and O–H groups in total. The molecule has 0 radical (unpaired) electrons. The van der Waals surface area contributed by atoms with Crippen LogP contribution in [0.2, 0.25) is 0 Å². The third kappa shape index (κ3) is 4.81. The summed E-state index contributed by atoms with van der Waals surface area (Å²) in [5.74, 6) is -0.233. The van der Waals surface area contributed by atoms with Crippen molar-refractivity contribution in [2.45, 2.75) is 65.0 Å². The van der Waals surface area contributed by atoms with Gasteiger partial charge in [-0.25, -0.2) is 0 Å². The third-order valence-corrected chi connectivity index (χ3v) is 4.17. The highest BCUT2D eigenvalue weighted by Gasteiger charge is 2.30. The topological polar surface area (TPSA) is 58.2 Å². The number of hydrogen-bond donors (Lipinski definition) is 2. The van der Waals surface area contributed by atoms with Gasteiger partial charge in [0.05, 0.1) is 0 Å². The van der Waals surface area contributed by atoms with Crippen molar-refractivity contribution in [1.29, 1.82) is 0 Å². The molecule has 126 valence electrons. The molecule has 4 nitrogen and oxygen atoms in total. The lowest BCUT2D eigenvalue weighted by Gasteiger charge is -2.22. The van der Waals surface area contributed by atoms with E-state index < -0.39 is 6.04 Å². The van der Waals surface area contributed by atoms with Crippen LogP contribution in [0.15, 0.2) is 24.3 Å². The van der Waals surface area contributed by atoms with Crippen molar-refractivity contribution in [2.24, 2.45) is 5.92 Å².